The molecule has 0 spiro atoms. The lowest BCUT2D eigenvalue weighted by Gasteiger charge is -2.14. The molecule has 1 N–H and O–H groups in total. The van der Waals surface area contributed by atoms with E-state index in [2.05, 4.69) is 46.0 Å². The van der Waals surface area contributed by atoms with E-state index in [4.69, 9.17) is 0 Å². The Bertz CT molecular complexity index is 477. The summed E-state index contributed by atoms with van der Waals surface area (Å²) in [7, 11) is 0. The van der Waals surface area contributed by atoms with Gasteiger partial charge in [-0.05, 0) is 42.0 Å². The van der Waals surface area contributed by atoms with Gasteiger partial charge in [-0.25, -0.2) is 0 Å². The van der Waals surface area contributed by atoms with Crippen molar-refractivity contribution in [1.29, 1.82) is 0 Å². The van der Waals surface area contributed by atoms with Gasteiger partial charge in [0.1, 0.15) is 0 Å². The third kappa shape index (κ3) is 6.61. The lowest BCUT2D eigenvalue weighted by Crippen LogP contribution is -2.24. The van der Waals surface area contributed by atoms with Gasteiger partial charge < -0.3 is 5.32 Å². The van der Waals surface area contributed by atoms with Crippen molar-refractivity contribution in [2.24, 2.45) is 5.41 Å². The summed E-state index contributed by atoms with van der Waals surface area (Å²) < 4.78 is 0. The third-order valence-electron chi connectivity index (χ3n) is 3.32. The molecule has 0 aliphatic heterocycles. The minimum atomic E-state index is 0.0232. The molecule has 1 aromatic rings. The Balaban J connectivity index is 2.65. The van der Waals surface area contributed by atoms with Crippen molar-refractivity contribution in [3.63, 3.8) is 0 Å². The standard InChI is InChI=1S/C19H29NO/c1-6-7-8-13-20-18(21)17-11-9-16(10-12-17)15(2)14-19(3,4)5/h9-12,14H,6-8,13H2,1-5H3,(H,20,21). The third-order valence-corrected chi connectivity index (χ3v) is 3.32. The molecule has 0 aromatic heterocycles. The second kappa shape index (κ2) is 8.02. The minimum absolute atomic E-state index is 0.0232. The number of rotatable bonds is 6. The van der Waals surface area contributed by atoms with E-state index >= 15 is 0 Å². The molecule has 21 heavy (non-hydrogen) atoms. The number of unbranched alkanes of at least 4 members (excludes halogenated alkanes) is 2. The van der Waals surface area contributed by atoms with E-state index in [1.54, 1.807) is 0 Å². The van der Waals surface area contributed by atoms with Crippen LogP contribution in [0.1, 0.15) is 69.8 Å². The quantitative estimate of drug-likeness (QED) is 0.728. The highest BCUT2D eigenvalue weighted by Gasteiger charge is 2.08. The maximum absolute atomic E-state index is 12.0. The van der Waals surface area contributed by atoms with Crippen LogP contribution in [0.4, 0.5) is 0 Å². The number of hydrogen-bond acceptors (Lipinski definition) is 1. The Kier molecular flexibility index (Phi) is 6.67. The molecule has 1 rings (SSSR count). The van der Waals surface area contributed by atoms with Crippen LogP contribution in [0, 0.1) is 5.41 Å². The fraction of sp³-hybridized carbons (Fsp3) is 0.526. The van der Waals surface area contributed by atoms with Crippen LogP contribution in [0.15, 0.2) is 30.3 Å². The lowest BCUT2D eigenvalue weighted by molar-refractivity contribution is 0.0953. The van der Waals surface area contributed by atoms with E-state index in [9.17, 15) is 4.79 Å². The second-order valence-corrected chi connectivity index (χ2v) is 6.73. The van der Waals surface area contributed by atoms with Crippen LogP contribution < -0.4 is 5.32 Å². The zero-order chi connectivity index (χ0) is 15.9. The normalized spacial score (nSPS) is 12.3. The Hall–Kier alpha value is -1.57. The summed E-state index contributed by atoms with van der Waals surface area (Å²) in [6, 6.07) is 7.87. The molecule has 2 nitrogen and oxygen atoms in total. The number of amides is 1. The summed E-state index contributed by atoms with van der Waals surface area (Å²) in [4.78, 5) is 12.0. The van der Waals surface area contributed by atoms with Gasteiger partial charge in [-0.1, -0.05) is 58.7 Å². The molecule has 0 fully saturated rings. The fourth-order valence-corrected chi connectivity index (χ4v) is 2.30. The van der Waals surface area contributed by atoms with E-state index in [0.717, 1.165) is 24.9 Å². The molecule has 0 aliphatic rings. The van der Waals surface area contributed by atoms with Gasteiger partial charge in [-0.15, -0.1) is 0 Å². The SMILES string of the molecule is CCCCCNC(=O)c1ccc(C(C)=CC(C)(C)C)cc1. The molecule has 1 aromatic carbocycles. The van der Waals surface area contributed by atoms with Crippen LogP contribution in [0.5, 0.6) is 0 Å². The second-order valence-electron chi connectivity index (χ2n) is 6.73. The smallest absolute Gasteiger partial charge is 0.251 e. The van der Waals surface area contributed by atoms with Gasteiger partial charge in [-0.2, -0.15) is 0 Å². The number of hydrogen-bond donors (Lipinski definition) is 1. The molecular weight excluding hydrogens is 258 g/mol. The van der Waals surface area contributed by atoms with E-state index in [-0.39, 0.29) is 11.3 Å². The van der Waals surface area contributed by atoms with Gasteiger partial charge in [0.05, 0.1) is 0 Å². The molecule has 0 heterocycles. The van der Waals surface area contributed by atoms with Crippen molar-refractivity contribution in [3.05, 3.63) is 41.5 Å². The highest BCUT2D eigenvalue weighted by atomic mass is 16.1. The van der Waals surface area contributed by atoms with Gasteiger partial charge in [0.25, 0.3) is 5.91 Å². The first-order valence-corrected chi connectivity index (χ1v) is 7.91. The first kappa shape index (κ1) is 17.5. The summed E-state index contributed by atoms with van der Waals surface area (Å²) in [5.41, 5.74) is 3.32. The van der Waals surface area contributed by atoms with Crippen LogP contribution in [0.25, 0.3) is 5.57 Å². The molecular formula is C19H29NO. The van der Waals surface area contributed by atoms with E-state index < -0.39 is 0 Å². The zero-order valence-electron chi connectivity index (χ0n) is 14.1. The van der Waals surface area contributed by atoms with Crippen LogP contribution >= 0.6 is 0 Å². The summed E-state index contributed by atoms with van der Waals surface area (Å²) >= 11 is 0. The molecule has 1 amide bonds. The highest BCUT2D eigenvalue weighted by Crippen LogP contribution is 2.23. The number of carbonyl (C=O) groups is 1. The van der Waals surface area contributed by atoms with Crippen molar-refractivity contribution in [2.45, 2.75) is 53.9 Å². The van der Waals surface area contributed by atoms with Crippen molar-refractivity contribution in [1.82, 2.24) is 5.32 Å². The summed E-state index contributed by atoms with van der Waals surface area (Å²) in [5.74, 6) is 0.0232. The van der Waals surface area contributed by atoms with E-state index in [1.165, 1.54) is 17.6 Å². The first-order chi connectivity index (χ1) is 9.83. The lowest BCUT2D eigenvalue weighted by atomic mass is 9.91. The highest BCUT2D eigenvalue weighted by molar-refractivity contribution is 5.94. The van der Waals surface area contributed by atoms with E-state index in [0.29, 0.717) is 0 Å². The molecule has 116 valence electrons. The van der Waals surface area contributed by atoms with Crippen LogP contribution in [0.3, 0.4) is 0 Å². The predicted molar refractivity (Wildman–Crippen MR) is 91.4 cm³/mol. The van der Waals surface area contributed by atoms with Gasteiger partial charge in [0, 0.05) is 12.1 Å². The van der Waals surface area contributed by atoms with Crippen molar-refractivity contribution in [2.75, 3.05) is 6.54 Å². The fourth-order valence-electron chi connectivity index (χ4n) is 2.30. The van der Waals surface area contributed by atoms with Crippen LogP contribution in [0.2, 0.25) is 0 Å². The topological polar surface area (TPSA) is 29.1 Å². The van der Waals surface area contributed by atoms with Crippen molar-refractivity contribution in [3.8, 4) is 0 Å². The molecule has 0 atom stereocenters. The molecule has 0 aliphatic carbocycles. The number of allylic oxidation sites excluding steroid dienone is 2. The monoisotopic (exact) mass is 287 g/mol. The Morgan fingerprint density at radius 1 is 1.10 bits per heavy atom. The van der Waals surface area contributed by atoms with Gasteiger partial charge in [-0.3, -0.25) is 4.79 Å². The summed E-state index contributed by atoms with van der Waals surface area (Å²) in [6.45, 7) is 11.6. The molecule has 0 saturated carbocycles. The van der Waals surface area contributed by atoms with E-state index in [1.807, 2.05) is 24.3 Å². The average Bonchev–Trinajstić information content (AvgIpc) is 2.41. The summed E-state index contributed by atoms with van der Waals surface area (Å²) in [6.07, 6.45) is 5.64. The van der Waals surface area contributed by atoms with Crippen molar-refractivity contribution >= 4 is 11.5 Å². The van der Waals surface area contributed by atoms with Crippen LogP contribution in [-0.4, -0.2) is 12.5 Å². The Morgan fingerprint density at radius 3 is 2.19 bits per heavy atom. The average molecular weight is 287 g/mol. The van der Waals surface area contributed by atoms with Gasteiger partial charge in [0.2, 0.25) is 0 Å². The zero-order valence-corrected chi connectivity index (χ0v) is 14.1. The molecule has 0 saturated heterocycles. The first-order valence-electron chi connectivity index (χ1n) is 7.91. The Labute approximate surface area is 129 Å². The van der Waals surface area contributed by atoms with Gasteiger partial charge in [0.15, 0.2) is 0 Å². The van der Waals surface area contributed by atoms with Crippen LogP contribution in [-0.2, 0) is 0 Å². The van der Waals surface area contributed by atoms with Crippen molar-refractivity contribution < 1.29 is 4.79 Å². The molecule has 2 heteroatoms. The maximum atomic E-state index is 12.0. The molecule has 0 bridgehead atoms. The largest absolute Gasteiger partial charge is 0.352 e. The number of nitrogens with one attached hydrogen (secondary N) is 1. The Morgan fingerprint density at radius 2 is 1.67 bits per heavy atom. The number of carbonyl (C=O) groups excluding carboxylic acids is 1. The number of benzene rings is 1. The maximum Gasteiger partial charge on any atom is 0.251 e. The predicted octanol–water partition coefficient (Wildman–Crippen LogP) is 5.06. The summed E-state index contributed by atoms with van der Waals surface area (Å²) in [5, 5.41) is 2.97. The van der Waals surface area contributed by atoms with Gasteiger partial charge >= 0.3 is 0 Å². The molecule has 0 unspecified atom stereocenters. The molecule has 0 radical (unpaired) electrons. The minimum Gasteiger partial charge on any atom is -0.352 e.